The summed E-state index contributed by atoms with van der Waals surface area (Å²) in [4.78, 5) is 41.0. The number of hydrogen-bond acceptors (Lipinski definition) is 8. The smallest absolute Gasteiger partial charge is 0.272 e. The molecule has 11 heteroatoms. The van der Waals surface area contributed by atoms with E-state index in [4.69, 9.17) is 4.74 Å². The van der Waals surface area contributed by atoms with Crippen molar-refractivity contribution in [3.63, 3.8) is 0 Å². The molecule has 232 valence electrons. The van der Waals surface area contributed by atoms with E-state index < -0.39 is 17.1 Å². The number of anilines is 2. The van der Waals surface area contributed by atoms with Crippen LogP contribution in [0.25, 0.3) is 6.08 Å². The predicted molar refractivity (Wildman–Crippen MR) is 183 cm³/mol. The van der Waals surface area contributed by atoms with E-state index in [1.54, 1.807) is 54.6 Å². The molecule has 0 aliphatic carbocycles. The van der Waals surface area contributed by atoms with Crippen molar-refractivity contribution in [3.8, 4) is 5.75 Å². The molecule has 0 bridgehead atoms. The molecular weight excluding hydrogens is 619 g/mol. The van der Waals surface area contributed by atoms with Gasteiger partial charge in [0.1, 0.15) is 21.7 Å². The zero-order valence-electron chi connectivity index (χ0n) is 25.1. The van der Waals surface area contributed by atoms with Crippen molar-refractivity contribution in [1.29, 1.82) is 0 Å². The molecule has 0 aliphatic rings. The van der Waals surface area contributed by atoms with Crippen molar-refractivity contribution in [1.82, 2.24) is 15.5 Å². The second kappa shape index (κ2) is 15.6. The number of rotatable bonds is 12. The van der Waals surface area contributed by atoms with Gasteiger partial charge in [-0.3, -0.25) is 19.7 Å². The van der Waals surface area contributed by atoms with Gasteiger partial charge in [0.05, 0.1) is 6.61 Å². The monoisotopic (exact) mass is 649 g/mol. The molecule has 0 saturated carbocycles. The molecule has 0 spiro atoms. The number of benzene rings is 4. The predicted octanol–water partition coefficient (Wildman–Crippen LogP) is 7.13. The fourth-order valence-corrected chi connectivity index (χ4v) is 6.06. The minimum Gasteiger partial charge on any atom is -0.493 e. The maximum Gasteiger partial charge on any atom is 0.272 e. The highest BCUT2D eigenvalue weighted by atomic mass is 32.2. The lowest BCUT2D eigenvalue weighted by atomic mass is 10.1. The van der Waals surface area contributed by atoms with Crippen molar-refractivity contribution >= 4 is 57.7 Å². The Morgan fingerprint density at radius 2 is 1.59 bits per heavy atom. The van der Waals surface area contributed by atoms with Crippen molar-refractivity contribution < 1.29 is 19.1 Å². The minimum atomic E-state index is -0.605. The fraction of sp³-hybridized carbons (Fsp3) is 0.114. The molecule has 1 aromatic heterocycles. The molecule has 9 nitrogen and oxygen atoms in total. The van der Waals surface area contributed by atoms with E-state index in [9.17, 15) is 14.4 Å². The summed E-state index contributed by atoms with van der Waals surface area (Å²) in [6.07, 6.45) is 1.59. The summed E-state index contributed by atoms with van der Waals surface area (Å²) < 4.78 is 5.74. The van der Waals surface area contributed by atoms with Crippen LogP contribution in [0.5, 0.6) is 5.75 Å². The maximum absolute atomic E-state index is 13.7. The van der Waals surface area contributed by atoms with Crippen LogP contribution in [-0.4, -0.2) is 34.5 Å². The maximum atomic E-state index is 13.7. The Kier molecular flexibility index (Phi) is 10.9. The van der Waals surface area contributed by atoms with Crippen LogP contribution in [-0.2, 0) is 9.59 Å². The quantitative estimate of drug-likeness (QED) is 0.0971. The van der Waals surface area contributed by atoms with Crippen LogP contribution < -0.4 is 20.7 Å². The van der Waals surface area contributed by atoms with Crippen LogP contribution >= 0.6 is 23.1 Å². The Hall–Kier alpha value is -5.26. The van der Waals surface area contributed by atoms with Gasteiger partial charge >= 0.3 is 0 Å². The second-order valence-corrected chi connectivity index (χ2v) is 12.2. The first-order valence-corrected chi connectivity index (χ1v) is 16.1. The number of carbonyl (C=O) groups excluding carboxylic acids is 3. The third-order valence-corrected chi connectivity index (χ3v) is 8.49. The lowest BCUT2D eigenvalue weighted by molar-refractivity contribution is -0.116. The molecule has 0 radical (unpaired) electrons. The van der Waals surface area contributed by atoms with Crippen molar-refractivity contribution in [2.75, 3.05) is 17.2 Å². The number of thioether (sulfide) groups is 1. The van der Waals surface area contributed by atoms with Crippen LogP contribution in [0, 0.1) is 6.92 Å². The summed E-state index contributed by atoms with van der Waals surface area (Å²) in [7, 11) is 0. The Morgan fingerprint density at radius 1 is 0.870 bits per heavy atom. The van der Waals surface area contributed by atoms with Gasteiger partial charge in [0.15, 0.2) is 0 Å². The van der Waals surface area contributed by atoms with Crippen molar-refractivity contribution in [3.05, 3.63) is 137 Å². The minimum absolute atomic E-state index is 0.0351. The summed E-state index contributed by atoms with van der Waals surface area (Å²) in [6.45, 7) is 4.14. The summed E-state index contributed by atoms with van der Waals surface area (Å²) in [5.74, 6) is -0.621. The average molecular weight is 650 g/mol. The second-order valence-electron chi connectivity index (χ2n) is 9.86. The molecule has 46 heavy (non-hydrogen) atoms. The molecule has 1 atom stereocenters. The molecule has 3 amide bonds. The molecule has 1 unspecified atom stereocenters. The highest BCUT2D eigenvalue weighted by Gasteiger charge is 2.24. The zero-order chi connectivity index (χ0) is 32.3. The lowest BCUT2D eigenvalue weighted by Crippen LogP contribution is -2.30. The molecule has 5 aromatic rings. The number of nitrogens with one attached hydrogen (secondary N) is 3. The van der Waals surface area contributed by atoms with Crippen LogP contribution in [0.3, 0.4) is 0 Å². The Bertz CT molecular complexity index is 1840. The standard InChI is InChI=1S/C35H31N5O4S2/c1-3-44-30-20-11-10-17-26(30)21-29(37-32(41)25-15-8-5-9-16-25)33(42)36-27-18-12-19-28(22-27)46-31(24-13-6-4-7-14-24)34(43)38-35-40-39-23(2)45-35/h4-22,31H,3H2,1-2H3,(H,36,42)(H,37,41)(H,38,40,43)/b29-21+. The Labute approximate surface area is 275 Å². The fourth-order valence-electron chi connectivity index (χ4n) is 4.39. The molecular formula is C35H31N5O4S2. The topological polar surface area (TPSA) is 122 Å². The van der Waals surface area contributed by atoms with Crippen LogP contribution in [0.1, 0.15) is 38.7 Å². The van der Waals surface area contributed by atoms with E-state index >= 15 is 0 Å². The number of amides is 3. The molecule has 5 rings (SSSR count). The number of hydrogen-bond donors (Lipinski definition) is 3. The van der Waals surface area contributed by atoms with E-state index in [-0.39, 0.29) is 11.6 Å². The number of nitrogens with zero attached hydrogens (tertiary/aromatic N) is 2. The van der Waals surface area contributed by atoms with Crippen molar-refractivity contribution in [2.24, 2.45) is 0 Å². The summed E-state index contributed by atoms with van der Waals surface area (Å²) >= 11 is 2.64. The first-order valence-electron chi connectivity index (χ1n) is 14.4. The Morgan fingerprint density at radius 3 is 2.30 bits per heavy atom. The van der Waals surface area contributed by atoms with Crippen molar-refractivity contribution in [2.45, 2.75) is 24.0 Å². The Balaban J connectivity index is 1.39. The van der Waals surface area contributed by atoms with Gasteiger partial charge in [-0.2, -0.15) is 0 Å². The van der Waals surface area contributed by atoms with E-state index in [1.165, 1.54) is 23.1 Å². The summed E-state index contributed by atoms with van der Waals surface area (Å²) in [5.41, 5.74) is 2.37. The highest BCUT2D eigenvalue weighted by molar-refractivity contribution is 8.00. The van der Waals surface area contributed by atoms with Gasteiger partial charge in [0, 0.05) is 21.7 Å². The van der Waals surface area contributed by atoms with Gasteiger partial charge in [-0.25, -0.2) is 0 Å². The van der Waals surface area contributed by atoms with E-state index in [1.807, 2.05) is 74.5 Å². The van der Waals surface area contributed by atoms with Crippen LogP contribution in [0.2, 0.25) is 0 Å². The van der Waals surface area contributed by atoms with E-state index in [0.717, 1.165) is 15.5 Å². The first-order chi connectivity index (χ1) is 22.4. The zero-order valence-corrected chi connectivity index (χ0v) is 26.7. The van der Waals surface area contributed by atoms with E-state index in [0.29, 0.717) is 34.3 Å². The van der Waals surface area contributed by atoms with Gasteiger partial charge in [0.25, 0.3) is 11.8 Å². The molecule has 0 saturated heterocycles. The molecule has 0 aliphatic heterocycles. The van der Waals surface area contributed by atoms with Crippen LogP contribution in [0.4, 0.5) is 10.8 Å². The third kappa shape index (κ3) is 8.68. The summed E-state index contributed by atoms with van der Waals surface area (Å²) in [6, 6.07) is 32.6. The molecule has 3 N–H and O–H groups in total. The van der Waals surface area contributed by atoms with Gasteiger partial charge in [-0.05, 0) is 61.9 Å². The SMILES string of the molecule is CCOc1ccccc1/C=C(/NC(=O)c1ccccc1)C(=O)Nc1cccc(SC(C(=O)Nc2nnc(C)s2)c2ccccc2)c1. The lowest BCUT2D eigenvalue weighted by Gasteiger charge is -2.17. The number of carbonyl (C=O) groups is 3. The number of para-hydroxylation sites is 1. The van der Waals surface area contributed by atoms with Crippen LogP contribution in [0.15, 0.2) is 120 Å². The van der Waals surface area contributed by atoms with Gasteiger partial charge in [0.2, 0.25) is 11.0 Å². The van der Waals surface area contributed by atoms with Gasteiger partial charge < -0.3 is 15.4 Å². The van der Waals surface area contributed by atoms with Gasteiger partial charge in [-0.1, -0.05) is 84.1 Å². The first kappa shape index (κ1) is 32.1. The number of aromatic nitrogens is 2. The molecule has 4 aromatic carbocycles. The van der Waals surface area contributed by atoms with Gasteiger partial charge in [-0.15, -0.1) is 22.0 Å². The highest BCUT2D eigenvalue weighted by Crippen LogP contribution is 2.37. The number of aryl methyl sites for hydroxylation is 1. The molecule has 1 heterocycles. The van der Waals surface area contributed by atoms with E-state index in [2.05, 4.69) is 26.1 Å². The normalized spacial score (nSPS) is 11.7. The molecule has 0 fully saturated rings. The third-order valence-electron chi connectivity index (χ3n) is 6.49. The largest absolute Gasteiger partial charge is 0.493 e. The average Bonchev–Trinajstić information content (AvgIpc) is 3.49. The number of ether oxygens (including phenoxy) is 1. The summed E-state index contributed by atoms with van der Waals surface area (Å²) in [5, 5.41) is 17.1.